The van der Waals surface area contributed by atoms with Gasteiger partial charge in [-0.3, -0.25) is 19.6 Å². The number of allylic oxidation sites excluding steroid dienone is 4. The zero-order valence-electron chi connectivity index (χ0n) is 45.2. The summed E-state index contributed by atoms with van der Waals surface area (Å²) in [4.78, 5) is 43.5. The van der Waals surface area contributed by atoms with E-state index in [1.165, 1.54) is 11.1 Å². The van der Waals surface area contributed by atoms with Gasteiger partial charge in [0.1, 0.15) is 13.2 Å². The molecule has 0 atom stereocenters. The molecule has 6 bridgehead atoms. The van der Waals surface area contributed by atoms with Gasteiger partial charge in [0, 0.05) is 106 Å². The van der Waals surface area contributed by atoms with Gasteiger partial charge < -0.3 is 69.6 Å². The molecule has 4 heterocycles. The number of nitrogens with zero attached hydrogens (tertiary/aromatic N) is 5. The van der Waals surface area contributed by atoms with Crippen molar-refractivity contribution in [3.05, 3.63) is 70.6 Å². The van der Waals surface area contributed by atoms with E-state index in [-0.39, 0.29) is 66.4 Å². The minimum Gasteiger partial charge on any atom is 0 e. The van der Waals surface area contributed by atoms with Gasteiger partial charge in [-0.15, -0.1) is 11.0 Å². The van der Waals surface area contributed by atoms with Crippen LogP contribution < -0.4 is 25.5 Å². The number of fused-ring (bicyclic) bond motifs is 7. The number of aromatic nitrogens is 5. The number of hydrogen-bond donors (Lipinski definition) is 6. The third-order valence-corrected chi connectivity index (χ3v) is 11.0. The number of rotatable bonds is 30. The van der Waals surface area contributed by atoms with Crippen LogP contribution in [0.5, 0.6) is 11.5 Å². The molecule has 5 rings (SSSR count). The molecule has 1 aromatic carbocycles. The van der Waals surface area contributed by atoms with E-state index in [4.69, 9.17) is 102 Å². The van der Waals surface area contributed by atoms with Crippen LogP contribution in [0.1, 0.15) is 101 Å². The second-order valence-electron chi connectivity index (χ2n) is 16.5. The molecule has 0 radical (unpaired) electrons. The molecule has 0 saturated carbocycles. The van der Waals surface area contributed by atoms with Crippen LogP contribution >= 0.6 is 18.8 Å². The fourth-order valence-electron chi connectivity index (χ4n) is 7.56. The van der Waals surface area contributed by atoms with Gasteiger partial charge in [0.25, 0.3) is 11.9 Å². The fraction of sp³-hybridized carbons (Fsp3) is 0.547. The molecule has 3 aromatic rings. The Labute approximate surface area is 501 Å². The maximum absolute atomic E-state index is 9.86. The van der Waals surface area contributed by atoms with Crippen LogP contribution in [0.25, 0.3) is 44.4 Å². The number of aliphatic carboxylic acids is 2. The van der Waals surface area contributed by atoms with Crippen molar-refractivity contribution >= 4 is 75.1 Å². The summed E-state index contributed by atoms with van der Waals surface area (Å²) in [6.07, 6.45) is 7.61. The molecule has 436 valence electrons. The van der Waals surface area contributed by atoms with Gasteiger partial charge in [-0.25, -0.2) is 9.97 Å². The molecule has 0 fully saturated rings. The van der Waals surface area contributed by atoms with E-state index < -0.39 is 28.4 Å². The molecular formula is C53H78Cl2GdN7O13Pt-. The first-order chi connectivity index (χ1) is 36.7. The second-order valence-corrected chi connectivity index (χ2v) is 19.8. The van der Waals surface area contributed by atoms with E-state index in [0.29, 0.717) is 126 Å². The Bertz CT molecular complexity index is 2470. The molecule has 20 nitrogen and oxygen atoms in total. The van der Waals surface area contributed by atoms with E-state index >= 15 is 0 Å². The maximum atomic E-state index is 9.86. The molecule has 0 amide bonds. The van der Waals surface area contributed by atoms with Crippen molar-refractivity contribution in [3.8, 4) is 11.5 Å². The topological polar surface area (TPSA) is 283 Å². The Morgan fingerprint density at radius 3 is 1.38 bits per heavy atom. The second kappa shape index (κ2) is 43.7. The fourth-order valence-corrected chi connectivity index (χ4v) is 7.56. The summed E-state index contributed by atoms with van der Waals surface area (Å²) >= 11 is -0.472. The predicted octanol–water partition coefficient (Wildman–Crippen LogP) is 7.08. The summed E-state index contributed by atoms with van der Waals surface area (Å²) in [6, 6.07) is 7.79. The summed E-state index contributed by atoms with van der Waals surface area (Å²) in [6.45, 7) is 17.2. The molecule has 2 aromatic heterocycles. The van der Waals surface area contributed by atoms with Gasteiger partial charge >= 0.3 is 35.3 Å². The maximum Gasteiger partial charge on any atom is 0 e. The van der Waals surface area contributed by atoms with Crippen LogP contribution in [0, 0.1) is 39.9 Å². The third-order valence-electron chi connectivity index (χ3n) is 11.0. The number of aliphatic hydroxyl groups excluding tert-OH is 2. The van der Waals surface area contributed by atoms with Gasteiger partial charge in [-0.1, -0.05) is 37.1 Å². The van der Waals surface area contributed by atoms with Gasteiger partial charge in [0.05, 0.1) is 106 Å². The Hall–Kier alpha value is -3.09. The molecule has 2 aliphatic heterocycles. The first-order valence-electron chi connectivity index (χ1n) is 25.1. The van der Waals surface area contributed by atoms with E-state index in [9.17, 15) is 10.2 Å². The number of carboxylic acid groups (broad SMARTS) is 2. The van der Waals surface area contributed by atoms with E-state index in [1.54, 1.807) is 19.5 Å². The molecule has 0 aliphatic carbocycles. The number of carbonyl (C=O) groups is 2. The van der Waals surface area contributed by atoms with Crippen molar-refractivity contribution in [2.75, 3.05) is 113 Å². The Morgan fingerprint density at radius 2 is 1.01 bits per heavy atom. The minimum atomic E-state index is -0.833. The molecule has 7 N–H and O–H groups in total. The number of nitrogens with one attached hydrogen (secondary N) is 1. The first kappa shape index (κ1) is 71.9. The van der Waals surface area contributed by atoms with Crippen LogP contribution in [0.4, 0.5) is 0 Å². The first-order valence-corrected chi connectivity index (χ1v) is 30.7. The molecule has 0 spiro atoms. The molecule has 2 aliphatic rings. The van der Waals surface area contributed by atoms with Crippen molar-refractivity contribution in [2.45, 2.75) is 80.1 Å². The number of hydrogen-bond acceptors (Lipinski definition) is 17. The zero-order chi connectivity index (χ0) is 56.1. The van der Waals surface area contributed by atoms with Crippen LogP contribution in [-0.2, 0) is 62.6 Å². The molecule has 0 unspecified atom stereocenters. The van der Waals surface area contributed by atoms with Crippen molar-refractivity contribution in [1.29, 1.82) is 0 Å². The minimum absolute atomic E-state index is 0. The number of carboxylic acids is 2. The van der Waals surface area contributed by atoms with E-state index in [0.717, 1.165) is 84.5 Å². The van der Waals surface area contributed by atoms with E-state index in [1.807, 2.05) is 26.0 Å². The smallest absolute Gasteiger partial charge is 0 e. The third kappa shape index (κ3) is 27.8. The van der Waals surface area contributed by atoms with Gasteiger partial charge in [0.2, 0.25) is 0 Å². The number of nitrogens with two attached hydrogens (primary N) is 1. The summed E-state index contributed by atoms with van der Waals surface area (Å²) < 4.78 is 40.5. The van der Waals surface area contributed by atoms with Crippen molar-refractivity contribution in [1.82, 2.24) is 30.2 Å². The SMILES string of the molecule is CC(=O)O.CC(=O)O.CCc1c(CC)c2cc3nc(cnc4cc(OCCOCCOCCOC)c(OCCOCCOCCNCCN)cc4ncc4nc(cc1[n-]2)C(CCCO)=C4C)C(C)=C3CCCO.[Cl][Pt][Cl].[Gd]. The summed E-state index contributed by atoms with van der Waals surface area (Å²) in [5.74, 6) is -0.745. The van der Waals surface area contributed by atoms with Gasteiger partial charge in [-0.05, 0) is 74.7 Å². The van der Waals surface area contributed by atoms with Gasteiger partial charge in [-0.2, -0.15) is 0 Å². The number of aryl methyl sites for hydroxylation is 2. The number of aliphatic hydroxyl groups is 2. The quantitative estimate of drug-likeness (QED) is 0.0364. The average molecular weight is 1440 g/mol. The molecular weight excluding hydrogens is 1370 g/mol. The van der Waals surface area contributed by atoms with Crippen molar-refractivity contribution in [3.63, 3.8) is 0 Å². The Balaban J connectivity index is 0.00000226. The number of benzene rings is 1. The predicted molar refractivity (Wildman–Crippen MR) is 293 cm³/mol. The number of halogens is 2. The van der Waals surface area contributed by atoms with Crippen LogP contribution in [0.15, 0.2) is 36.7 Å². The summed E-state index contributed by atoms with van der Waals surface area (Å²) in [5, 5.41) is 37.8. The Morgan fingerprint density at radius 1 is 0.636 bits per heavy atom. The molecule has 77 heavy (non-hydrogen) atoms. The van der Waals surface area contributed by atoms with Crippen molar-refractivity contribution < 1.29 is 120 Å². The average Bonchev–Trinajstić information content (AvgIpc) is 3.99. The van der Waals surface area contributed by atoms with E-state index in [2.05, 4.69) is 31.3 Å². The van der Waals surface area contributed by atoms with Gasteiger partial charge in [0.15, 0.2) is 11.5 Å². The van der Waals surface area contributed by atoms with Crippen LogP contribution in [0.3, 0.4) is 0 Å². The van der Waals surface area contributed by atoms with Crippen LogP contribution in [0.2, 0.25) is 0 Å². The Kier molecular flexibility index (Phi) is 40.8. The van der Waals surface area contributed by atoms with Crippen LogP contribution in [-0.4, -0.2) is 165 Å². The molecule has 24 heteroatoms. The normalized spacial score (nSPS) is 11.6. The monoisotopic (exact) mass is 1440 g/mol. The molecule has 0 saturated heterocycles. The number of ether oxygens (including phenoxy) is 7. The largest absolute Gasteiger partial charge is 0 e. The standard InChI is InChI=1S/C49H70N7O9.2C2H4O2.2ClH.Gd.Pt/c1-6-36-37(7-2)41-29-43-39(11-9-16-58)35(4)47(56-43)33-53-45-31-49(65-27-25-63-23-22-61-19-18-59-5)48(64-26-24-62-21-20-60-17-14-51-13-12-50)30-44(45)52-32-46-34(3)38(10-8-15-57)42(55-46)28-40(36)54-41;2*1-2(3)4;;;;/h28-33,51,57-58H,6-27,50H2,1-5H3;2*1H3,(H,3,4);2*1H;;/q-1;;;;;;+2/p-2. The summed E-state index contributed by atoms with van der Waals surface area (Å²) in [7, 11) is 11.4. The summed E-state index contributed by atoms with van der Waals surface area (Å²) in [5.41, 5.74) is 17.8. The zero-order valence-corrected chi connectivity index (χ0v) is 51.3. The number of methoxy groups -OCH3 is 1. The van der Waals surface area contributed by atoms with Crippen molar-refractivity contribution in [2.24, 2.45) is 5.73 Å².